The molecular weight excluding hydrogens is 248 g/mol. The summed E-state index contributed by atoms with van der Waals surface area (Å²) in [6.45, 7) is 8.08. The second-order valence-electron chi connectivity index (χ2n) is 6.33. The van der Waals surface area contributed by atoms with Crippen molar-refractivity contribution in [1.82, 2.24) is 9.80 Å². The number of carbonyl (C=O) groups excluding carboxylic acids is 1. The Morgan fingerprint density at radius 3 is 2.32 bits per heavy atom. The number of urea groups is 1. The van der Waals surface area contributed by atoms with Gasteiger partial charge in [-0.15, -0.1) is 0 Å². The van der Waals surface area contributed by atoms with Gasteiger partial charge in [0.15, 0.2) is 0 Å². The number of amides is 2. The Morgan fingerprint density at radius 2 is 1.89 bits per heavy atom. The molecular formula is C13H24N2O4. The van der Waals surface area contributed by atoms with Gasteiger partial charge in [-0.05, 0) is 12.3 Å². The molecule has 0 saturated carbocycles. The van der Waals surface area contributed by atoms with Gasteiger partial charge in [0.25, 0.3) is 0 Å². The number of carbonyl (C=O) groups is 2. The minimum absolute atomic E-state index is 0.0350. The monoisotopic (exact) mass is 272 g/mol. The van der Waals surface area contributed by atoms with Crippen LogP contribution < -0.4 is 0 Å². The van der Waals surface area contributed by atoms with Crippen molar-refractivity contribution in [3.63, 3.8) is 0 Å². The standard InChI is InChI=1S/C13H24N2O4/c1-8(13(2,3)4)14(5)12(19)15-7-9(16)6-10(15)11(17)18/h8-10,16H,6-7H2,1-5H3,(H,17,18). The van der Waals surface area contributed by atoms with Gasteiger partial charge in [0, 0.05) is 26.1 Å². The summed E-state index contributed by atoms with van der Waals surface area (Å²) in [4.78, 5) is 26.3. The fourth-order valence-corrected chi connectivity index (χ4v) is 2.21. The maximum atomic E-state index is 12.4. The number of aliphatic hydroxyl groups excluding tert-OH is 1. The van der Waals surface area contributed by atoms with Crippen LogP contribution in [-0.2, 0) is 4.79 Å². The molecule has 19 heavy (non-hydrogen) atoms. The van der Waals surface area contributed by atoms with Crippen LogP contribution in [0.5, 0.6) is 0 Å². The molecule has 6 nitrogen and oxygen atoms in total. The highest BCUT2D eigenvalue weighted by Gasteiger charge is 2.41. The zero-order valence-corrected chi connectivity index (χ0v) is 12.3. The van der Waals surface area contributed by atoms with Crippen LogP contribution in [0.4, 0.5) is 4.79 Å². The lowest BCUT2D eigenvalue weighted by Gasteiger charge is -2.38. The maximum Gasteiger partial charge on any atom is 0.326 e. The Hall–Kier alpha value is -1.30. The zero-order chi connectivity index (χ0) is 15.0. The van der Waals surface area contributed by atoms with E-state index in [-0.39, 0.29) is 30.5 Å². The van der Waals surface area contributed by atoms with E-state index in [9.17, 15) is 14.7 Å². The van der Waals surface area contributed by atoms with Crippen molar-refractivity contribution in [3.05, 3.63) is 0 Å². The molecule has 2 amide bonds. The predicted molar refractivity (Wildman–Crippen MR) is 70.8 cm³/mol. The summed E-state index contributed by atoms with van der Waals surface area (Å²) in [5.41, 5.74) is -0.0958. The predicted octanol–water partition coefficient (Wildman–Crippen LogP) is 0.993. The summed E-state index contributed by atoms with van der Waals surface area (Å²) in [6, 6.07) is -1.31. The van der Waals surface area contributed by atoms with Crippen molar-refractivity contribution in [2.45, 2.75) is 52.3 Å². The number of carboxylic acids is 1. The quantitative estimate of drug-likeness (QED) is 0.785. The van der Waals surface area contributed by atoms with Gasteiger partial charge in [-0.3, -0.25) is 0 Å². The number of β-amino-alcohol motifs (C(OH)–C–C–N with tert-alkyl or cyclic N) is 1. The van der Waals surface area contributed by atoms with E-state index in [1.807, 2.05) is 27.7 Å². The fourth-order valence-electron chi connectivity index (χ4n) is 2.21. The zero-order valence-electron chi connectivity index (χ0n) is 12.3. The third-order valence-electron chi connectivity index (χ3n) is 3.95. The van der Waals surface area contributed by atoms with Gasteiger partial charge < -0.3 is 20.0 Å². The van der Waals surface area contributed by atoms with Crippen LogP contribution in [0.15, 0.2) is 0 Å². The summed E-state index contributed by atoms with van der Waals surface area (Å²) >= 11 is 0. The first-order chi connectivity index (χ1) is 8.55. The van der Waals surface area contributed by atoms with E-state index < -0.39 is 18.1 Å². The molecule has 0 aromatic carbocycles. The molecule has 1 heterocycles. The van der Waals surface area contributed by atoms with Crippen molar-refractivity contribution in [3.8, 4) is 0 Å². The average Bonchev–Trinajstić information content (AvgIpc) is 2.67. The number of rotatable bonds is 2. The molecule has 0 aromatic rings. The SMILES string of the molecule is CC(N(C)C(=O)N1CC(O)CC1C(=O)O)C(C)(C)C. The molecule has 110 valence electrons. The summed E-state index contributed by atoms with van der Waals surface area (Å²) in [7, 11) is 1.67. The number of carboxylic acid groups (broad SMARTS) is 1. The Morgan fingerprint density at radius 1 is 1.37 bits per heavy atom. The van der Waals surface area contributed by atoms with Crippen molar-refractivity contribution < 1.29 is 19.8 Å². The van der Waals surface area contributed by atoms with Gasteiger partial charge in [-0.2, -0.15) is 0 Å². The highest BCUT2D eigenvalue weighted by Crippen LogP contribution is 2.26. The molecule has 3 unspecified atom stereocenters. The van der Waals surface area contributed by atoms with Gasteiger partial charge in [-0.25, -0.2) is 9.59 Å². The molecule has 0 aromatic heterocycles. The molecule has 1 saturated heterocycles. The largest absolute Gasteiger partial charge is 0.480 e. The molecule has 0 spiro atoms. The normalized spacial score (nSPS) is 25.3. The van der Waals surface area contributed by atoms with E-state index in [2.05, 4.69) is 0 Å². The summed E-state index contributed by atoms with van der Waals surface area (Å²) in [6.07, 6.45) is -0.665. The summed E-state index contributed by atoms with van der Waals surface area (Å²) in [5, 5.41) is 18.7. The number of nitrogens with zero attached hydrogens (tertiary/aromatic N) is 2. The number of aliphatic hydroxyl groups is 1. The van der Waals surface area contributed by atoms with E-state index in [0.29, 0.717) is 0 Å². The first kappa shape index (κ1) is 15.8. The molecule has 1 aliphatic heterocycles. The van der Waals surface area contributed by atoms with Gasteiger partial charge in [0.05, 0.1) is 6.10 Å². The third-order valence-corrected chi connectivity index (χ3v) is 3.95. The molecule has 0 radical (unpaired) electrons. The first-order valence-corrected chi connectivity index (χ1v) is 6.50. The maximum absolute atomic E-state index is 12.4. The molecule has 0 aliphatic carbocycles. The molecule has 2 N–H and O–H groups in total. The van der Waals surface area contributed by atoms with Crippen LogP contribution in [0.1, 0.15) is 34.1 Å². The molecule has 1 rings (SSSR count). The van der Waals surface area contributed by atoms with E-state index in [1.54, 1.807) is 11.9 Å². The van der Waals surface area contributed by atoms with Crippen molar-refractivity contribution in [2.24, 2.45) is 5.41 Å². The van der Waals surface area contributed by atoms with Crippen LogP contribution in [0.2, 0.25) is 0 Å². The molecule has 1 aliphatic rings. The van der Waals surface area contributed by atoms with Crippen LogP contribution in [-0.4, -0.2) is 63.8 Å². The van der Waals surface area contributed by atoms with Gasteiger partial charge in [0.2, 0.25) is 0 Å². The number of aliphatic carboxylic acids is 1. The Bertz CT molecular complexity index is 364. The average molecular weight is 272 g/mol. The molecule has 3 atom stereocenters. The van der Waals surface area contributed by atoms with Gasteiger partial charge in [-0.1, -0.05) is 20.8 Å². The smallest absolute Gasteiger partial charge is 0.326 e. The van der Waals surface area contributed by atoms with Crippen LogP contribution >= 0.6 is 0 Å². The summed E-state index contributed by atoms with van der Waals surface area (Å²) < 4.78 is 0. The van der Waals surface area contributed by atoms with E-state index in [1.165, 1.54) is 4.90 Å². The minimum atomic E-state index is -1.07. The van der Waals surface area contributed by atoms with Crippen molar-refractivity contribution in [2.75, 3.05) is 13.6 Å². The van der Waals surface area contributed by atoms with E-state index >= 15 is 0 Å². The summed E-state index contributed by atoms with van der Waals surface area (Å²) in [5.74, 6) is -1.07. The van der Waals surface area contributed by atoms with Crippen LogP contribution in [0.3, 0.4) is 0 Å². The molecule has 6 heteroatoms. The lowest BCUT2D eigenvalue weighted by Crippen LogP contribution is -2.52. The van der Waals surface area contributed by atoms with E-state index in [0.717, 1.165) is 0 Å². The second-order valence-corrected chi connectivity index (χ2v) is 6.33. The second kappa shape index (κ2) is 5.36. The van der Waals surface area contributed by atoms with Gasteiger partial charge in [0.1, 0.15) is 6.04 Å². The molecule has 0 bridgehead atoms. The van der Waals surface area contributed by atoms with Crippen LogP contribution in [0, 0.1) is 5.41 Å². The minimum Gasteiger partial charge on any atom is -0.480 e. The highest BCUT2D eigenvalue weighted by molar-refractivity contribution is 5.83. The lowest BCUT2D eigenvalue weighted by molar-refractivity contribution is -0.141. The van der Waals surface area contributed by atoms with Crippen molar-refractivity contribution in [1.29, 1.82) is 0 Å². The molecule has 1 fully saturated rings. The topological polar surface area (TPSA) is 81.1 Å². The lowest BCUT2D eigenvalue weighted by atomic mass is 9.87. The van der Waals surface area contributed by atoms with Gasteiger partial charge >= 0.3 is 12.0 Å². The third kappa shape index (κ3) is 3.37. The Balaban J connectivity index is 2.84. The Labute approximate surface area is 114 Å². The fraction of sp³-hybridized carbons (Fsp3) is 0.846. The first-order valence-electron chi connectivity index (χ1n) is 6.50. The number of hydrogen-bond acceptors (Lipinski definition) is 3. The van der Waals surface area contributed by atoms with E-state index in [4.69, 9.17) is 5.11 Å². The Kier molecular flexibility index (Phi) is 4.45. The highest BCUT2D eigenvalue weighted by atomic mass is 16.4. The number of likely N-dealkylation sites (tertiary alicyclic amines) is 1. The number of hydrogen-bond donors (Lipinski definition) is 2. The van der Waals surface area contributed by atoms with Crippen molar-refractivity contribution >= 4 is 12.0 Å². The van der Waals surface area contributed by atoms with Crippen LogP contribution in [0.25, 0.3) is 0 Å².